The van der Waals surface area contributed by atoms with Crippen LogP contribution in [0.4, 0.5) is 4.39 Å². The number of rotatable bonds is 15. The van der Waals surface area contributed by atoms with Crippen LogP contribution in [0.5, 0.6) is 11.5 Å². The first kappa shape index (κ1) is 34.4. The van der Waals surface area contributed by atoms with Gasteiger partial charge in [-0.15, -0.1) is 0 Å². The number of nitrogens with one attached hydrogen (secondary N) is 1. The van der Waals surface area contributed by atoms with Gasteiger partial charge in [-0.1, -0.05) is 12.1 Å². The molecule has 0 aromatic heterocycles. The number of amides is 2. The van der Waals surface area contributed by atoms with E-state index in [4.69, 9.17) is 9.47 Å². The summed E-state index contributed by atoms with van der Waals surface area (Å²) >= 11 is 2.02. The summed E-state index contributed by atoms with van der Waals surface area (Å²) in [6.07, 6.45) is -0.00381. The first-order valence-electron chi connectivity index (χ1n) is 14.0. The van der Waals surface area contributed by atoms with Crippen molar-refractivity contribution in [1.82, 2.24) is 10.2 Å². The van der Waals surface area contributed by atoms with Crippen molar-refractivity contribution < 1.29 is 43.6 Å². The van der Waals surface area contributed by atoms with E-state index in [-0.39, 0.29) is 75.0 Å². The Balaban J connectivity index is 1.99. The lowest BCUT2D eigenvalue weighted by molar-refractivity contribution is -0.138. The molecule has 4 N–H and O–H groups in total. The molecule has 234 valence electrons. The van der Waals surface area contributed by atoms with Gasteiger partial charge in [-0.05, 0) is 83.8 Å². The van der Waals surface area contributed by atoms with Crippen LogP contribution >= 0.6 is 22.6 Å². The van der Waals surface area contributed by atoms with E-state index in [1.54, 1.807) is 24.3 Å². The van der Waals surface area contributed by atoms with Crippen LogP contribution in [0.1, 0.15) is 43.7 Å². The van der Waals surface area contributed by atoms with E-state index in [0.717, 1.165) is 0 Å². The van der Waals surface area contributed by atoms with E-state index in [2.05, 4.69) is 5.32 Å². The molecule has 1 aliphatic rings. The third kappa shape index (κ3) is 9.71. The molecule has 0 radical (unpaired) electrons. The Morgan fingerprint density at radius 2 is 1.91 bits per heavy atom. The van der Waals surface area contributed by atoms with Crippen LogP contribution in [0.15, 0.2) is 48.0 Å². The molecule has 0 unspecified atom stereocenters. The maximum absolute atomic E-state index is 13.9. The topological polar surface area (TPSA) is 146 Å². The first-order chi connectivity index (χ1) is 20.6. The number of Topliss-reactive ketones (excluding diaryl/α,β-unsaturated/α-hetero) is 1. The van der Waals surface area contributed by atoms with Crippen molar-refractivity contribution in [2.24, 2.45) is 0 Å². The Kier molecular flexibility index (Phi) is 13.4. The number of hydrogen-bond acceptors (Lipinski definition) is 8. The molecule has 0 fully saturated rings. The molecular formula is C31H38FIN2O8. The number of ketones is 1. The van der Waals surface area contributed by atoms with E-state index < -0.39 is 30.0 Å². The smallest absolute Gasteiger partial charge is 0.247 e. The maximum atomic E-state index is 13.9. The van der Waals surface area contributed by atoms with E-state index in [9.17, 15) is 34.1 Å². The highest BCUT2D eigenvalue weighted by atomic mass is 127. The first-order valence-corrected chi connectivity index (χ1v) is 15.1. The molecule has 0 saturated heterocycles. The SMILES string of the molecule is COc1cc(CO)cc(I)c1O[C@H]1C=C(C(=O)NCCO)C[C@@H](N(CCc2cccc(F)c2)C(=O)CCCC(C)=O)[C@@H]1O. The van der Waals surface area contributed by atoms with Crippen LogP contribution in [0, 0.1) is 9.39 Å². The summed E-state index contributed by atoms with van der Waals surface area (Å²) in [6.45, 7) is 1.09. The molecule has 43 heavy (non-hydrogen) atoms. The predicted octanol–water partition coefficient (Wildman–Crippen LogP) is 2.68. The molecule has 0 heterocycles. The average Bonchev–Trinajstić information content (AvgIpc) is 2.98. The molecule has 2 aromatic carbocycles. The van der Waals surface area contributed by atoms with Crippen molar-refractivity contribution in [3.63, 3.8) is 0 Å². The van der Waals surface area contributed by atoms with Gasteiger partial charge in [0.1, 0.15) is 23.8 Å². The molecule has 0 spiro atoms. The molecule has 0 aliphatic heterocycles. The molecule has 2 aromatic rings. The highest BCUT2D eigenvalue weighted by molar-refractivity contribution is 14.1. The zero-order chi connectivity index (χ0) is 31.5. The summed E-state index contributed by atoms with van der Waals surface area (Å²) in [5.74, 6) is -0.664. The number of ether oxygens (including phenoxy) is 2. The van der Waals surface area contributed by atoms with Crippen molar-refractivity contribution in [3.05, 3.63) is 68.6 Å². The fourth-order valence-electron chi connectivity index (χ4n) is 4.94. The summed E-state index contributed by atoms with van der Waals surface area (Å²) in [5.41, 5.74) is 1.50. The highest BCUT2D eigenvalue weighted by Crippen LogP contribution is 2.37. The van der Waals surface area contributed by atoms with E-state index in [0.29, 0.717) is 26.9 Å². The van der Waals surface area contributed by atoms with Crippen LogP contribution in [0.3, 0.4) is 0 Å². The summed E-state index contributed by atoms with van der Waals surface area (Å²) in [4.78, 5) is 39.7. The number of nitrogens with zero attached hydrogens (tertiary/aromatic N) is 1. The Hall–Kier alpha value is -3.07. The number of methoxy groups -OCH3 is 1. The summed E-state index contributed by atoms with van der Waals surface area (Å²) in [6, 6.07) is 8.42. The Morgan fingerprint density at radius 3 is 2.56 bits per heavy atom. The third-order valence-corrected chi connectivity index (χ3v) is 7.91. The van der Waals surface area contributed by atoms with Gasteiger partial charge in [0.2, 0.25) is 11.8 Å². The molecule has 0 bridgehead atoms. The van der Waals surface area contributed by atoms with Gasteiger partial charge in [-0.25, -0.2) is 4.39 Å². The van der Waals surface area contributed by atoms with Crippen molar-refractivity contribution >= 4 is 40.2 Å². The van der Waals surface area contributed by atoms with Crippen LogP contribution in [-0.2, 0) is 27.4 Å². The molecule has 12 heteroatoms. The number of aliphatic hydroxyl groups excluding tert-OH is 3. The van der Waals surface area contributed by atoms with Crippen LogP contribution < -0.4 is 14.8 Å². The average molecular weight is 713 g/mol. The molecule has 3 atom stereocenters. The minimum atomic E-state index is -1.28. The van der Waals surface area contributed by atoms with E-state index in [1.165, 1.54) is 37.1 Å². The van der Waals surface area contributed by atoms with Gasteiger partial charge in [0.25, 0.3) is 0 Å². The fraction of sp³-hybridized carbons (Fsp3) is 0.452. The van der Waals surface area contributed by atoms with Crippen LogP contribution in [0.25, 0.3) is 0 Å². The Labute approximate surface area is 264 Å². The van der Waals surface area contributed by atoms with Crippen LogP contribution in [-0.4, -0.2) is 82.9 Å². The lowest BCUT2D eigenvalue weighted by Gasteiger charge is -2.41. The quantitative estimate of drug-likeness (QED) is 0.207. The van der Waals surface area contributed by atoms with Gasteiger partial charge in [-0.2, -0.15) is 0 Å². The highest BCUT2D eigenvalue weighted by Gasteiger charge is 2.40. The van der Waals surface area contributed by atoms with Gasteiger partial charge in [-0.3, -0.25) is 9.59 Å². The molecular weight excluding hydrogens is 674 g/mol. The number of halogens is 2. The third-order valence-electron chi connectivity index (χ3n) is 7.11. The van der Waals surface area contributed by atoms with Crippen LogP contribution in [0.2, 0.25) is 0 Å². The number of aliphatic hydroxyl groups is 3. The number of benzene rings is 2. The molecule has 2 amide bonds. The number of carbonyl (C=O) groups is 3. The molecule has 0 saturated carbocycles. The van der Waals surface area contributed by atoms with Gasteiger partial charge in [0, 0.05) is 37.9 Å². The Bertz CT molecular complexity index is 1320. The summed E-state index contributed by atoms with van der Waals surface area (Å²) in [7, 11) is 1.44. The second-order valence-corrected chi connectivity index (χ2v) is 11.5. The van der Waals surface area contributed by atoms with Gasteiger partial charge < -0.3 is 39.8 Å². The van der Waals surface area contributed by atoms with Crippen molar-refractivity contribution in [1.29, 1.82) is 0 Å². The Morgan fingerprint density at radius 1 is 1.14 bits per heavy atom. The van der Waals surface area contributed by atoms with E-state index in [1.807, 2.05) is 22.6 Å². The standard InChI is InChI=1S/C31H38FIN2O8/c1-19(38)5-3-8-28(39)35(11-9-20-6-4-7-23(32)13-20)25-16-22(31(41)34-10-12-36)17-26(29(25)40)43-30-24(33)14-21(18-37)15-27(30)42-2/h4,6-7,13-15,17,25-26,29,36-37,40H,3,5,8-12,16,18H2,1-2H3,(H,34,41)/t25-,26+,29+/m1/s1. The van der Waals surface area contributed by atoms with Gasteiger partial charge >= 0.3 is 0 Å². The van der Waals surface area contributed by atoms with Crippen molar-refractivity contribution in [2.75, 3.05) is 26.8 Å². The fourth-order valence-corrected chi connectivity index (χ4v) is 5.74. The lowest BCUT2D eigenvalue weighted by atomic mass is 9.87. The maximum Gasteiger partial charge on any atom is 0.247 e. The lowest BCUT2D eigenvalue weighted by Crippen LogP contribution is -2.55. The normalized spacial score (nSPS) is 18.0. The predicted molar refractivity (Wildman–Crippen MR) is 165 cm³/mol. The second-order valence-electron chi connectivity index (χ2n) is 10.3. The minimum Gasteiger partial charge on any atom is -0.493 e. The van der Waals surface area contributed by atoms with Crippen molar-refractivity contribution in [3.8, 4) is 11.5 Å². The molecule has 10 nitrogen and oxygen atoms in total. The molecule has 3 rings (SSSR count). The zero-order valence-electron chi connectivity index (χ0n) is 24.2. The van der Waals surface area contributed by atoms with Crippen molar-refractivity contribution in [2.45, 2.75) is 63.9 Å². The van der Waals surface area contributed by atoms with Gasteiger partial charge in [0.05, 0.1) is 29.9 Å². The molecule has 1 aliphatic carbocycles. The minimum absolute atomic E-state index is 0.00242. The second kappa shape index (κ2) is 16.7. The zero-order valence-corrected chi connectivity index (χ0v) is 26.4. The van der Waals surface area contributed by atoms with Gasteiger partial charge in [0.15, 0.2) is 11.5 Å². The monoisotopic (exact) mass is 712 g/mol. The number of hydrogen-bond donors (Lipinski definition) is 4. The largest absolute Gasteiger partial charge is 0.493 e. The summed E-state index contributed by atoms with van der Waals surface area (Å²) in [5, 5.41) is 33.1. The van der Waals surface area contributed by atoms with E-state index >= 15 is 0 Å². The summed E-state index contributed by atoms with van der Waals surface area (Å²) < 4.78 is 26.2. The number of carbonyl (C=O) groups excluding carboxylic acids is 3.